The zero-order chi connectivity index (χ0) is 16.6. The zero-order valence-electron chi connectivity index (χ0n) is 13.2. The number of hydrogen-bond acceptors (Lipinski definition) is 5. The van der Waals surface area contributed by atoms with E-state index in [0.29, 0.717) is 0 Å². The smallest absolute Gasteiger partial charge is 0.408 e. The number of benzene rings is 1. The summed E-state index contributed by atoms with van der Waals surface area (Å²) in [5.41, 5.74) is 0.636. The number of alkyl carbamates (subject to hydrolysis) is 1. The molecule has 1 rings (SSSR count). The lowest BCUT2D eigenvalue weighted by molar-refractivity contribution is -0.149. The standard InChI is InChI=1S/C16H23NO5/c1-16(2,3)11-22-14(19)13(9-18)17-15(20)21-10-12-7-5-4-6-8-12/h4-8,13,18H,9-11H2,1-3H3,(H,17,20)/t13-/m0/s1. The summed E-state index contributed by atoms with van der Waals surface area (Å²) >= 11 is 0. The molecular weight excluding hydrogens is 286 g/mol. The molecule has 0 aliphatic rings. The summed E-state index contributed by atoms with van der Waals surface area (Å²) in [6.45, 7) is 5.47. The summed E-state index contributed by atoms with van der Waals surface area (Å²) in [6, 6.07) is 8.01. The number of aliphatic hydroxyl groups is 1. The predicted octanol–water partition coefficient (Wildman–Crippen LogP) is 1.86. The van der Waals surface area contributed by atoms with Crippen LogP contribution in [0, 0.1) is 5.41 Å². The van der Waals surface area contributed by atoms with Crippen LogP contribution in [0.15, 0.2) is 30.3 Å². The highest BCUT2D eigenvalue weighted by atomic mass is 16.6. The fraction of sp³-hybridized carbons (Fsp3) is 0.500. The number of ether oxygens (including phenoxy) is 2. The lowest BCUT2D eigenvalue weighted by Crippen LogP contribution is -2.45. The third kappa shape index (κ3) is 7.08. The van der Waals surface area contributed by atoms with E-state index in [9.17, 15) is 14.7 Å². The Kier molecular flexibility index (Phi) is 6.85. The van der Waals surface area contributed by atoms with Crippen molar-refractivity contribution in [1.29, 1.82) is 0 Å². The first-order valence-electron chi connectivity index (χ1n) is 7.06. The quantitative estimate of drug-likeness (QED) is 0.784. The summed E-state index contributed by atoms with van der Waals surface area (Å²) in [5, 5.41) is 11.5. The maximum absolute atomic E-state index is 11.8. The average molecular weight is 309 g/mol. The van der Waals surface area contributed by atoms with Crippen LogP contribution in [-0.2, 0) is 20.9 Å². The predicted molar refractivity (Wildman–Crippen MR) is 81.1 cm³/mol. The van der Waals surface area contributed by atoms with E-state index in [2.05, 4.69) is 5.32 Å². The van der Waals surface area contributed by atoms with Crippen molar-refractivity contribution in [3.05, 3.63) is 35.9 Å². The molecule has 0 unspecified atom stereocenters. The minimum absolute atomic E-state index is 0.0852. The van der Waals surface area contributed by atoms with Gasteiger partial charge in [-0.15, -0.1) is 0 Å². The molecule has 1 amide bonds. The Hall–Kier alpha value is -2.08. The third-order valence-electron chi connectivity index (χ3n) is 2.62. The highest BCUT2D eigenvalue weighted by Gasteiger charge is 2.24. The number of carbonyl (C=O) groups is 2. The van der Waals surface area contributed by atoms with Crippen LogP contribution in [0.2, 0.25) is 0 Å². The largest absolute Gasteiger partial charge is 0.464 e. The first kappa shape index (κ1) is 18.0. The Bertz CT molecular complexity index is 481. The Labute approximate surface area is 130 Å². The molecule has 0 aromatic heterocycles. The van der Waals surface area contributed by atoms with Crippen molar-refractivity contribution in [1.82, 2.24) is 5.32 Å². The van der Waals surface area contributed by atoms with Gasteiger partial charge in [-0.25, -0.2) is 9.59 Å². The molecule has 0 spiro atoms. The van der Waals surface area contributed by atoms with E-state index in [1.54, 1.807) is 0 Å². The van der Waals surface area contributed by atoms with Crippen LogP contribution in [-0.4, -0.2) is 36.4 Å². The second kappa shape index (κ2) is 8.38. The average Bonchev–Trinajstić information content (AvgIpc) is 2.48. The van der Waals surface area contributed by atoms with Gasteiger partial charge in [0.05, 0.1) is 13.2 Å². The van der Waals surface area contributed by atoms with Gasteiger partial charge in [0.2, 0.25) is 0 Å². The van der Waals surface area contributed by atoms with Gasteiger partial charge >= 0.3 is 12.1 Å². The van der Waals surface area contributed by atoms with Crippen LogP contribution in [0.1, 0.15) is 26.3 Å². The van der Waals surface area contributed by atoms with Gasteiger partial charge in [0.25, 0.3) is 0 Å². The Morgan fingerprint density at radius 2 is 1.82 bits per heavy atom. The first-order valence-corrected chi connectivity index (χ1v) is 7.06. The molecule has 0 heterocycles. The summed E-state index contributed by atoms with van der Waals surface area (Å²) in [7, 11) is 0. The van der Waals surface area contributed by atoms with Gasteiger partial charge in [0.1, 0.15) is 6.61 Å². The second-order valence-corrected chi connectivity index (χ2v) is 6.11. The van der Waals surface area contributed by atoms with Crippen molar-refractivity contribution in [2.75, 3.05) is 13.2 Å². The summed E-state index contributed by atoms with van der Waals surface area (Å²) in [5.74, 6) is -0.686. The first-order chi connectivity index (χ1) is 10.3. The zero-order valence-corrected chi connectivity index (χ0v) is 13.2. The molecule has 0 aliphatic carbocycles. The van der Waals surface area contributed by atoms with E-state index in [0.717, 1.165) is 5.56 Å². The molecular formula is C16H23NO5. The lowest BCUT2D eigenvalue weighted by atomic mass is 9.99. The van der Waals surface area contributed by atoms with Gasteiger partial charge in [0.15, 0.2) is 6.04 Å². The van der Waals surface area contributed by atoms with Crippen molar-refractivity contribution in [3.8, 4) is 0 Å². The number of carbonyl (C=O) groups excluding carboxylic acids is 2. The van der Waals surface area contributed by atoms with Crippen LogP contribution in [0.4, 0.5) is 4.79 Å². The van der Waals surface area contributed by atoms with Gasteiger partial charge < -0.3 is 19.9 Å². The van der Waals surface area contributed by atoms with Gasteiger partial charge in [-0.2, -0.15) is 0 Å². The molecule has 1 aromatic carbocycles. The molecule has 122 valence electrons. The van der Waals surface area contributed by atoms with E-state index in [1.807, 2.05) is 51.1 Å². The Balaban J connectivity index is 2.41. The molecule has 0 fully saturated rings. The number of hydrogen-bond donors (Lipinski definition) is 2. The SMILES string of the molecule is CC(C)(C)COC(=O)[C@H](CO)NC(=O)OCc1ccccc1. The topological polar surface area (TPSA) is 84.9 Å². The Morgan fingerprint density at radius 1 is 1.18 bits per heavy atom. The summed E-state index contributed by atoms with van der Waals surface area (Å²) in [4.78, 5) is 23.4. The fourth-order valence-corrected chi connectivity index (χ4v) is 1.47. The highest BCUT2D eigenvalue weighted by molar-refractivity contribution is 5.81. The van der Waals surface area contributed by atoms with Crippen molar-refractivity contribution in [2.24, 2.45) is 5.41 Å². The molecule has 22 heavy (non-hydrogen) atoms. The summed E-state index contributed by atoms with van der Waals surface area (Å²) in [6.07, 6.45) is -0.782. The lowest BCUT2D eigenvalue weighted by Gasteiger charge is -2.21. The summed E-state index contributed by atoms with van der Waals surface area (Å²) < 4.78 is 10.0. The molecule has 0 saturated heterocycles. The Morgan fingerprint density at radius 3 is 2.36 bits per heavy atom. The maximum atomic E-state index is 11.8. The van der Waals surface area contributed by atoms with Gasteiger partial charge in [-0.3, -0.25) is 0 Å². The number of esters is 1. The van der Waals surface area contributed by atoms with E-state index in [-0.39, 0.29) is 18.6 Å². The van der Waals surface area contributed by atoms with Gasteiger partial charge in [-0.1, -0.05) is 51.1 Å². The molecule has 0 bridgehead atoms. The minimum Gasteiger partial charge on any atom is -0.464 e. The van der Waals surface area contributed by atoms with Gasteiger partial charge in [-0.05, 0) is 11.0 Å². The monoisotopic (exact) mass is 309 g/mol. The van der Waals surface area contributed by atoms with Crippen molar-refractivity contribution >= 4 is 12.1 Å². The van der Waals surface area contributed by atoms with E-state index in [4.69, 9.17) is 9.47 Å². The van der Waals surface area contributed by atoms with Crippen LogP contribution in [0.3, 0.4) is 0 Å². The highest BCUT2D eigenvalue weighted by Crippen LogP contribution is 2.13. The number of rotatable bonds is 6. The van der Waals surface area contributed by atoms with Crippen molar-refractivity contribution in [3.63, 3.8) is 0 Å². The minimum atomic E-state index is -1.13. The molecule has 6 nitrogen and oxygen atoms in total. The normalized spacial score (nSPS) is 12.4. The second-order valence-electron chi connectivity index (χ2n) is 6.11. The van der Waals surface area contributed by atoms with Crippen LogP contribution in [0.25, 0.3) is 0 Å². The third-order valence-corrected chi connectivity index (χ3v) is 2.62. The number of amides is 1. The van der Waals surface area contributed by atoms with E-state index in [1.165, 1.54) is 0 Å². The van der Waals surface area contributed by atoms with Crippen molar-refractivity contribution < 1.29 is 24.2 Å². The van der Waals surface area contributed by atoms with E-state index >= 15 is 0 Å². The molecule has 0 saturated carbocycles. The molecule has 1 atom stereocenters. The van der Waals surface area contributed by atoms with E-state index < -0.39 is 24.7 Å². The van der Waals surface area contributed by atoms with Crippen molar-refractivity contribution in [2.45, 2.75) is 33.4 Å². The molecule has 0 aliphatic heterocycles. The maximum Gasteiger partial charge on any atom is 0.408 e. The van der Waals surface area contributed by atoms with Crippen LogP contribution < -0.4 is 5.32 Å². The van der Waals surface area contributed by atoms with Crippen LogP contribution in [0.5, 0.6) is 0 Å². The van der Waals surface area contributed by atoms with Crippen LogP contribution >= 0.6 is 0 Å². The molecule has 0 radical (unpaired) electrons. The van der Waals surface area contributed by atoms with Gasteiger partial charge in [0, 0.05) is 0 Å². The fourth-order valence-electron chi connectivity index (χ4n) is 1.47. The molecule has 1 aromatic rings. The number of nitrogens with one attached hydrogen (secondary N) is 1. The number of aliphatic hydroxyl groups excluding tert-OH is 1. The molecule has 6 heteroatoms. The molecule has 2 N–H and O–H groups in total.